The molecule has 0 amide bonds. The lowest BCUT2D eigenvalue weighted by Crippen LogP contribution is -2.40. The van der Waals surface area contributed by atoms with Crippen molar-refractivity contribution in [2.75, 3.05) is 0 Å². The van der Waals surface area contributed by atoms with Crippen molar-refractivity contribution < 1.29 is 23.1 Å². The molecule has 25 heavy (non-hydrogen) atoms. The van der Waals surface area contributed by atoms with Gasteiger partial charge < -0.3 is 5.11 Å². The molecule has 0 radical (unpaired) electrons. The average Bonchev–Trinajstić information content (AvgIpc) is 2.50. The number of hydrogen-bond acceptors (Lipinski definition) is 3. The van der Waals surface area contributed by atoms with E-state index in [9.17, 15) is 27.6 Å². The molecule has 0 aliphatic rings. The van der Waals surface area contributed by atoms with E-state index in [1.807, 2.05) is 0 Å². The van der Waals surface area contributed by atoms with Crippen molar-refractivity contribution in [2.24, 2.45) is 7.05 Å². The van der Waals surface area contributed by atoms with Gasteiger partial charge in [0.25, 0.3) is 5.56 Å². The van der Waals surface area contributed by atoms with Crippen LogP contribution in [0.3, 0.4) is 0 Å². The molecule has 132 valence electrons. The van der Waals surface area contributed by atoms with Crippen LogP contribution in [-0.2, 0) is 18.0 Å². The number of rotatable bonds is 3. The summed E-state index contributed by atoms with van der Waals surface area (Å²) in [4.78, 5) is 34.9. The minimum absolute atomic E-state index is 0.0251. The van der Waals surface area contributed by atoms with Crippen molar-refractivity contribution in [3.63, 3.8) is 0 Å². The maximum Gasteiger partial charge on any atom is 0.431 e. The van der Waals surface area contributed by atoms with E-state index in [1.165, 1.54) is 24.3 Å². The molecule has 1 aromatic heterocycles. The third-order valence-corrected chi connectivity index (χ3v) is 3.51. The molecule has 0 fully saturated rings. The van der Waals surface area contributed by atoms with Crippen LogP contribution in [0, 0.1) is 0 Å². The third kappa shape index (κ3) is 3.82. The molecule has 1 N–H and O–H groups in total. The first-order valence-corrected chi connectivity index (χ1v) is 7.01. The highest BCUT2D eigenvalue weighted by Crippen LogP contribution is 2.27. The summed E-state index contributed by atoms with van der Waals surface area (Å²) in [5.74, 6) is -1.38. The summed E-state index contributed by atoms with van der Waals surface area (Å²) >= 11 is 5.51. The third-order valence-electron chi connectivity index (χ3n) is 3.24. The number of aliphatic carboxylic acids is 1. The molecular weight excluding hydrogens is 365 g/mol. The molecule has 2 rings (SSSR count). The zero-order chi connectivity index (χ0) is 18.9. The highest BCUT2D eigenvalue weighted by atomic mass is 35.5. The van der Waals surface area contributed by atoms with Crippen molar-refractivity contribution in [1.29, 1.82) is 0 Å². The molecular formula is C15H10ClF3N2O4. The van der Waals surface area contributed by atoms with E-state index in [1.54, 1.807) is 0 Å². The Morgan fingerprint density at radius 2 is 1.88 bits per heavy atom. The lowest BCUT2D eigenvalue weighted by molar-refractivity contribution is -0.144. The SMILES string of the molecule is Cn1c(C(F)(F)F)cc(=O)n(-c2cccc(C=C(Cl)C(=O)O)c2)c1=O. The Labute approximate surface area is 143 Å². The minimum Gasteiger partial charge on any atom is -0.477 e. The Bertz CT molecular complexity index is 989. The van der Waals surface area contributed by atoms with Crippen molar-refractivity contribution in [2.45, 2.75) is 6.18 Å². The largest absolute Gasteiger partial charge is 0.477 e. The Kier molecular flexibility index (Phi) is 4.89. The molecule has 0 saturated heterocycles. The first-order valence-electron chi connectivity index (χ1n) is 6.63. The van der Waals surface area contributed by atoms with Crippen LogP contribution < -0.4 is 11.2 Å². The zero-order valence-corrected chi connectivity index (χ0v) is 13.3. The van der Waals surface area contributed by atoms with E-state index in [0.717, 1.165) is 13.1 Å². The van der Waals surface area contributed by atoms with Gasteiger partial charge in [-0.05, 0) is 23.8 Å². The van der Waals surface area contributed by atoms with Crippen LogP contribution in [0.4, 0.5) is 13.2 Å². The Morgan fingerprint density at radius 1 is 1.24 bits per heavy atom. The molecule has 0 aliphatic carbocycles. The molecule has 2 aromatic rings. The summed E-state index contributed by atoms with van der Waals surface area (Å²) in [6.45, 7) is 0. The van der Waals surface area contributed by atoms with Crippen LogP contribution in [0.2, 0.25) is 0 Å². The van der Waals surface area contributed by atoms with Gasteiger partial charge >= 0.3 is 17.8 Å². The second-order valence-corrected chi connectivity index (χ2v) is 5.34. The monoisotopic (exact) mass is 374 g/mol. The van der Waals surface area contributed by atoms with Gasteiger partial charge in [-0.2, -0.15) is 13.2 Å². The van der Waals surface area contributed by atoms with Crippen molar-refractivity contribution in [3.05, 3.63) is 67.5 Å². The molecule has 1 heterocycles. The first-order chi connectivity index (χ1) is 11.5. The number of aromatic nitrogens is 2. The van der Waals surface area contributed by atoms with Crippen LogP contribution >= 0.6 is 11.6 Å². The van der Waals surface area contributed by atoms with Gasteiger partial charge in [0, 0.05) is 13.1 Å². The normalized spacial score (nSPS) is 12.3. The lowest BCUT2D eigenvalue weighted by Gasteiger charge is -2.14. The summed E-state index contributed by atoms with van der Waals surface area (Å²) in [5, 5.41) is 8.24. The molecule has 0 saturated carbocycles. The predicted molar refractivity (Wildman–Crippen MR) is 83.7 cm³/mol. The number of carboxylic acids is 1. The van der Waals surface area contributed by atoms with E-state index in [0.29, 0.717) is 15.2 Å². The summed E-state index contributed by atoms with van der Waals surface area (Å²) in [7, 11) is 0.895. The number of hydrogen-bond donors (Lipinski definition) is 1. The molecule has 1 aromatic carbocycles. The number of benzene rings is 1. The summed E-state index contributed by atoms with van der Waals surface area (Å²) in [6.07, 6.45) is -3.78. The topological polar surface area (TPSA) is 81.3 Å². The predicted octanol–water partition coefficient (Wildman–Crippen LogP) is 2.22. The van der Waals surface area contributed by atoms with Crippen molar-refractivity contribution >= 4 is 23.6 Å². The van der Waals surface area contributed by atoms with Crippen LogP contribution in [0.5, 0.6) is 0 Å². The lowest BCUT2D eigenvalue weighted by atomic mass is 10.2. The fourth-order valence-electron chi connectivity index (χ4n) is 2.10. The Hall–Kier alpha value is -2.81. The highest BCUT2D eigenvalue weighted by Gasteiger charge is 2.35. The fraction of sp³-hybridized carbons (Fsp3) is 0.133. The number of halogens is 4. The summed E-state index contributed by atoms with van der Waals surface area (Å²) in [6, 6.07) is 5.74. The number of alkyl halides is 3. The number of carbonyl (C=O) groups is 1. The van der Waals surface area contributed by atoms with E-state index in [4.69, 9.17) is 16.7 Å². The van der Waals surface area contributed by atoms with Crippen LogP contribution in [0.1, 0.15) is 11.3 Å². The molecule has 0 unspecified atom stereocenters. The van der Waals surface area contributed by atoms with Crippen LogP contribution in [0.15, 0.2) is 45.0 Å². The van der Waals surface area contributed by atoms with E-state index < -0.39 is 34.1 Å². The standard InChI is InChI=1S/C15H10ClF3N2O4/c1-20-11(15(17,18)19)7-12(22)21(14(20)25)9-4-2-3-8(5-9)6-10(16)13(23)24/h2-7H,1H3,(H,23,24). The number of nitrogens with zero attached hydrogens (tertiary/aromatic N) is 2. The fourth-order valence-corrected chi connectivity index (χ4v) is 2.22. The average molecular weight is 375 g/mol. The first kappa shape index (κ1) is 18.5. The van der Waals surface area contributed by atoms with Gasteiger partial charge in [0.15, 0.2) is 0 Å². The van der Waals surface area contributed by atoms with Gasteiger partial charge in [0.05, 0.1) is 5.69 Å². The van der Waals surface area contributed by atoms with Crippen molar-refractivity contribution in [1.82, 2.24) is 9.13 Å². The van der Waals surface area contributed by atoms with Gasteiger partial charge in [-0.15, -0.1) is 0 Å². The van der Waals surface area contributed by atoms with E-state index >= 15 is 0 Å². The quantitative estimate of drug-likeness (QED) is 0.835. The maximum atomic E-state index is 12.8. The molecule has 0 atom stereocenters. The van der Waals surface area contributed by atoms with Crippen molar-refractivity contribution in [3.8, 4) is 5.69 Å². The Balaban J connectivity index is 2.67. The van der Waals surface area contributed by atoms with Gasteiger partial charge in [0.1, 0.15) is 10.7 Å². The smallest absolute Gasteiger partial charge is 0.431 e. The number of carboxylic acid groups (broad SMARTS) is 1. The summed E-state index contributed by atoms with van der Waals surface area (Å²) in [5.41, 5.74) is -3.50. The molecule has 0 aliphatic heterocycles. The minimum atomic E-state index is -4.86. The summed E-state index contributed by atoms with van der Waals surface area (Å²) < 4.78 is 39.4. The van der Waals surface area contributed by atoms with Gasteiger partial charge in [-0.25, -0.2) is 14.2 Å². The zero-order valence-electron chi connectivity index (χ0n) is 12.5. The van der Waals surface area contributed by atoms with E-state index in [-0.39, 0.29) is 11.3 Å². The van der Waals surface area contributed by atoms with Gasteiger partial charge in [-0.3, -0.25) is 9.36 Å². The van der Waals surface area contributed by atoms with Gasteiger partial charge in [0.2, 0.25) is 0 Å². The Morgan fingerprint density at radius 3 is 2.44 bits per heavy atom. The highest BCUT2D eigenvalue weighted by molar-refractivity contribution is 6.42. The molecule has 10 heteroatoms. The van der Waals surface area contributed by atoms with E-state index in [2.05, 4.69) is 0 Å². The van der Waals surface area contributed by atoms with Crippen LogP contribution in [-0.4, -0.2) is 20.2 Å². The van der Waals surface area contributed by atoms with Gasteiger partial charge in [-0.1, -0.05) is 23.7 Å². The second-order valence-electron chi connectivity index (χ2n) is 4.93. The molecule has 0 spiro atoms. The van der Waals surface area contributed by atoms with Crippen LogP contribution in [0.25, 0.3) is 11.8 Å². The molecule has 6 nitrogen and oxygen atoms in total. The molecule has 0 bridgehead atoms. The second kappa shape index (κ2) is 6.60. The maximum absolute atomic E-state index is 12.8.